The van der Waals surface area contributed by atoms with E-state index in [9.17, 15) is 24.5 Å². The summed E-state index contributed by atoms with van der Waals surface area (Å²) in [5.74, 6) is -2.26. The largest absolute Gasteiger partial charge is 0.455 e. The number of carbonyl (C=O) groups excluding carboxylic acids is 3. The fourth-order valence-corrected chi connectivity index (χ4v) is 2.34. The molecule has 1 fully saturated rings. The number of carbonyl (C=O) groups is 3. The summed E-state index contributed by atoms with van der Waals surface area (Å²) in [6, 6.07) is 0. The molecule has 136 valence electrons. The van der Waals surface area contributed by atoms with E-state index in [1.165, 1.54) is 7.11 Å². The Morgan fingerprint density at radius 1 is 0.958 bits per heavy atom. The van der Waals surface area contributed by atoms with E-state index in [1.54, 1.807) is 0 Å². The van der Waals surface area contributed by atoms with E-state index < -0.39 is 60.1 Å². The smallest absolute Gasteiger partial charge is 0.303 e. The first-order chi connectivity index (χ1) is 11.1. The van der Waals surface area contributed by atoms with Gasteiger partial charge in [0.15, 0.2) is 30.7 Å². The van der Waals surface area contributed by atoms with Gasteiger partial charge in [-0.3, -0.25) is 24.5 Å². The van der Waals surface area contributed by atoms with E-state index >= 15 is 0 Å². The highest BCUT2D eigenvalue weighted by molar-refractivity contribution is 5.68. The lowest BCUT2D eigenvalue weighted by atomic mass is 9.97. The first kappa shape index (κ1) is 19.8. The van der Waals surface area contributed by atoms with Crippen molar-refractivity contribution in [1.82, 2.24) is 0 Å². The van der Waals surface area contributed by atoms with Crippen molar-refractivity contribution in [3.05, 3.63) is 10.1 Å². The molecule has 0 aliphatic carbocycles. The number of methoxy groups -OCH3 is 1. The summed E-state index contributed by atoms with van der Waals surface area (Å²) in [6.07, 6.45) is -6.42. The molecule has 0 saturated carbocycles. The lowest BCUT2D eigenvalue weighted by Crippen LogP contribution is -2.63. The second kappa shape index (κ2) is 8.55. The first-order valence-electron chi connectivity index (χ1n) is 6.97. The molecule has 0 aromatic rings. The highest BCUT2D eigenvalue weighted by Gasteiger charge is 2.53. The van der Waals surface area contributed by atoms with Gasteiger partial charge in [0.25, 0.3) is 0 Å². The molecule has 1 rings (SSSR count). The van der Waals surface area contributed by atoms with Gasteiger partial charge >= 0.3 is 17.9 Å². The molecule has 0 unspecified atom stereocenters. The van der Waals surface area contributed by atoms with Crippen LogP contribution in [0.1, 0.15) is 20.8 Å². The fourth-order valence-electron chi connectivity index (χ4n) is 2.34. The summed E-state index contributed by atoms with van der Waals surface area (Å²) >= 11 is 0. The zero-order valence-corrected chi connectivity index (χ0v) is 13.6. The topological polar surface area (TPSA) is 141 Å². The average Bonchev–Trinajstić information content (AvgIpc) is 2.42. The average molecular weight is 349 g/mol. The van der Waals surface area contributed by atoms with Gasteiger partial charge < -0.3 is 23.7 Å². The highest BCUT2D eigenvalue weighted by atomic mass is 16.7. The summed E-state index contributed by atoms with van der Waals surface area (Å²) < 4.78 is 25.6. The summed E-state index contributed by atoms with van der Waals surface area (Å²) in [6.45, 7) is 2.55. The molecule has 0 amide bonds. The van der Waals surface area contributed by atoms with Crippen molar-refractivity contribution in [2.45, 2.75) is 51.5 Å². The summed E-state index contributed by atoms with van der Waals surface area (Å²) in [5, 5.41) is 10.8. The third-order valence-corrected chi connectivity index (χ3v) is 3.06. The van der Waals surface area contributed by atoms with Crippen LogP contribution in [0.3, 0.4) is 0 Å². The van der Waals surface area contributed by atoms with Crippen LogP contribution in [0.25, 0.3) is 0 Å². The molecule has 0 N–H and O–H groups in total. The Morgan fingerprint density at radius 3 is 1.83 bits per heavy atom. The second-order valence-corrected chi connectivity index (χ2v) is 5.02. The Balaban J connectivity index is 3.23. The summed E-state index contributed by atoms with van der Waals surface area (Å²) in [7, 11) is 1.22. The monoisotopic (exact) mass is 349 g/mol. The van der Waals surface area contributed by atoms with E-state index in [1.807, 2.05) is 0 Å². The Hall–Kier alpha value is -2.27. The number of hydrogen-bond acceptors (Lipinski definition) is 10. The number of rotatable bonds is 6. The van der Waals surface area contributed by atoms with Crippen LogP contribution in [-0.4, -0.2) is 67.2 Å². The number of ether oxygens (including phenoxy) is 5. The van der Waals surface area contributed by atoms with Gasteiger partial charge in [-0.2, -0.15) is 0 Å². The van der Waals surface area contributed by atoms with Gasteiger partial charge in [-0.25, -0.2) is 0 Å². The van der Waals surface area contributed by atoms with Crippen molar-refractivity contribution in [3.63, 3.8) is 0 Å². The standard InChI is InChI=1S/C13H19NO10/c1-6(15)21-10-9(5-14(18)19)24-13(20-4)12(23-8(3)17)11(10)22-7(2)16/h9-13H,5H2,1-4H3/t9-,10-,11+,12+,13-/m0/s1. The molecule has 1 saturated heterocycles. The SMILES string of the molecule is CO[C@H]1O[C@@H](C[N+](=O)[O-])[C@H](OC(C)=O)[C@@H](OC(C)=O)[C@H]1OC(C)=O. The molecule has 5 atom stereocenters. The van der Waals surface area contributed by atoms with Gasteiger partial charge in [0, 0.05) is 32.8 Å². The van der Waals surface area contributed by atoms with Gasteiger partial charge in [0.2, 0.25) is 6.54 Å². The molecule has 24 heavy (non-hydrogen) atoms. The van der Waals surface area contributed by atoms with Crippen LogP contribution < -0.4 is 0 Å². The first-order valence-corrected chi connectivity index (χ1v) is 6.97. The van der Waals surface area contributed by atoms with Crippen LogP contribution in [-0.2, 0) is 38.1 Å². The zero-order chi connectivity index (χ0) is 18.4. The molecule has 0 aromatic heterocycles. The maximum absolute atomic E-state index is 11.4. The Morgan fingerprint density at radius 2 is 1.42 bits per heavy atom. The minimum atomic E-state index is -1.34. The van der Waals surface area contributed by atoms with Crippen molar-refractivity contribution >= 4 is 17.9 Å². The minimum Gasteiger partial charge on any atom is -0.455 e. The maximum atomic E-state index is 11.4. The lowest BCUT2D eigenvalue weighted by molar-refractivity contribution is -0.501. The van der Waals surface area contributed by atoms with Crippen molar-refractivity contribution < 1.29 is 43.0 Å². The second-order valence-electron chi connectivity index (χ2n) is 5.02. The van der Waals surface area contributed by atoms with E-state index in [2.05, 4.69) is 0 Å². The molecular weight excluding hydrogens is 330 g/mol. The molecule has 0 bridgehead atoms. The Bertz CT molecular complexity index is 507. The van der Waals surface area contributed by atoms with Gasteiger partial charge in [0.1, 0.15) is 0 Å². The van der Waals surface area contributed by atoms with Crippen molar-refractivity contribution in [3.8, 4) is 0 Å². The molecule has 0 radical (unpaired) electrons. The lowest BCUT2D eigenvalue weighted by Gasteiger charge is -2.42. The van der Waals surface area contributed by atoms with E-state index in [-0.39, 0.29) is 0 Å². The van der Waals surface area contributed by atoms with Crippen LogP contribution in [0, 0.1) is 10.1 Å². The number of nitro groups is 1. The van der Waals surface area contributed by atoms with Gasteiger partial charge in [-0.1, -0.05) is 0 Å². The molecule has 11 nitrogen and oxygen atoms in total. The molecule has 1 aliphatic heterocycles. The predicted molar refractivity (Wildman–Crippen MR) is 74.2 cm³/mol. The van der Waals surface area contributed by atoms with Gasteiger partial charge in [-0.05, 0) is 0 Å². The summed E-state index contributed by atoms with van der Waals surface area (Å²) in [4.78, 5) is 44.2. The predicted octanol–water partition coefficient (Wildman–Crippen LogP) is -0.570. The Kier molecular flexibility index (Phi) is 7.04. The van der Waals surface area contributed by atoms with Crippen LogP contribution in [0.5, 0.6) is 0 Å². The number of hydrogen-bond donors (Lipinski definition) is 0. The van der Waals surface area contributed by atoms with E-state index in [0.717, 1.165) is 20.8 Å². The summed E-state index contributed by atoms with van der Waals surface area (Å²) in [5.41, 5.74) is 0. The minimum absolute atomic E-state index is 0.676. The van der Waals surface area contributed by atoms with Crippen molar-refractivity contribution in [1.29, 1.82) is 0 Å². The molecular formula is C13H19NO10. The maximum Gasteiger partial charge on any atom is 0.303 e. The van der Waals surface area contributed by atoms with Gasteiger partial charge in [0.05, 0.1) is 0 Å². The van der Waals surface area contributed by atoms with Crippen LogP contribution >= 0.6 is 0 Å². The van der Waals surface area contributed by atoms with Gasteiger partial charge in [-0.15, -0.1) is 0 Å². The van der Waals surface area contributed by atoms with E-state index in [4.69, 9.17) is 23.7 Å². The number of nitrogens with zero attached hydrogens (tertiary/aromatic N) is 1. The fraction of sp³-hybridized carbons (Fsp3) is 0.769. The molecule has 1 aliphatic rings. The van der Waals surface area contributed by atoms with Crippen molar-refractivity contribution in [2.75, 3.05) is 13.7 Å². The third kappa shape index (κ3) is 5.42. The molecule has 0 spiro atoms. The molecule has 11 heteroatoms. The molecule has 0 aromatic carbocycles. The van der Waals surface area contributed by atoms with E-state index in [0.29, 0.717) is 0 Å². The van der Waals surface area contributed by atoms with Crippen LogP contribution in [0.2, 0.25) is 0 Å². The van der Waals surface area contributed by atoms with Crippen molar-refractivity contribution in [2.24, 2.45) is 0 Å². The Labute approximate surface area is 137 Å². The normalized spacial score (nSPS) is 29.4. The van der Waals surface area contributed by atoms with Crippen LogP contribution in [0.15, 0.2) is 0 Å². The van der Waals surface area contributed by atoms with Crippen LogP contribution in [0.4, 0.5) is 0 Å². The molecule has 1 heterocycles. The highest BCUT2D eigenvalue weighted by Crippen LogP contribution is 2.29. The quantitative estimate of drug-likeness (QED) is 0.265. The third-order valence-electron chi connectivity index (χ3n) is 3.06. The zero-order valence-electron chi connectivity index (χ0n) is 13.6. The number of esters is 3.